The van der Waals surface area contributed by atoms with Gasteiger partial charge in [-0.3, -0.25) is 4.90 Å². The molecule has 1 aromatic rings. The Labute approximate surface area is 128 Å². The van der Waals surface area contributed by atoms with E-state index >= 15 is 0 Å². The van der Waals surface area contributed by atoms with Gasteiger partial charge in [0.1, 0.15) is 0 Å². The predicted octanol–water partition coefficient (Wildman–Crippen LogP) is 1.38. The van der Waals surface area contributed by atoms with Crippen molar-refractivity contribution in [2.45, 2.75) is 25.8 Å². The molecule has 0 aliphatic carbocycles. The van der Waals surface area contributed by atoms with Crippen LogP contribution in [0.4, 0.5) is 0 Å². The summed E-state index contributed by atoms with van der Waals surface area (Å²) in [5.41, 5.74) is 8.84. The van der Waals surface area contributed by atoms with E-state index in [2.05, 4.69) is 41.0 Å². The van der Waals surface area contributed by atoms with Gasteiger partial charge in [-0.15, -0.1) is 0 Å². The maximum absolute atomic E-state index is 9.03. The SMILES string of the molecule is Cc1cccc(C(N)CCN2CCCN(CCO)CC2)c1. The predicted molar refractivity (Wildman–Crippen MR) is 87.3 cm³/mol. The van der Waals surface area contributed by atoms with Gasteiger partial charge in [0.2, 0.25) is 0 Å². The van der Waals surface area contributed by atoms with Crippen LogP contribution in [0.3, 0.4) is 0 Å². The molecule has 0 bridgehead atoms. The smallest absolute Gasteiger partial charge is 0.0558 e. The molecule has 1 fully saturated rings. The van der Waals surface area contributed by atoms with Gasteiger partial charge in [-0.2, -0.15) is 0 Å². The lowest BCUT2D eigenvalue weighted by atomic mass is 10.0. The van der Waals surface area contributed by atoms with E-state index in [1.807, 2.05) is 0 Å². The van der Waals surface area contributed by atoms with Crippen LogP contribution in [0.25, 0.3) is 0 Å². The molecule has 1 aliphatic heterocycles. The number of nitrogens with zero attached hydrogens (tertiary/aromatic N) is 2. The minimum Gasteiger partial charge on any atom is -0.395 e. The van der Waals surface area contributed by atoms with Crippen LogP contribution in [0.15, 0.2) is 24.3 Å². The van der Waals surface area contributed by atoms with E-state index in [9.17, 15) is 0 Å². The van der Waals surface area contributed by atoms with Crippen LogP contribution in [-0.4, -0.2) is 60.8 Å². The Bertz CT molecular complexity index is 424. The highest BCUT2D eigenvalue weighted by Crippen LogP contribution is 2.16. The van der Waals surface area contributed by atoms with E-state index in [1.54, 1.807) is 0 Å². The maximum Gasteiger partial charge on any atom is 0.0558 e. The lowest BCUT2D eigenvalue weighted by Crippen LogP contribution is -2.33. The van der Waals surface area contributed by atoms with Gasteiger partial charge >= 0.3 is 0 Å². The molecule has 1 heterocycles. The van der Waals surface area contributed by atoms with Crippen molar-refractivity contribution in [2.75, 3.05) is 45.9 Å². The number of hydrogen-bond acceptors (Lipinski definition) is 4. The van der Waals surface area contributed by atoms with Crippen molar-refractivity contribution in [1.82, 2.24) is 9.80 Å². The number of aliphatic hydroxyl groups is 1. The third kappa shape index (κ3) is 5.40. The summed E-state index contributed by atoms with van der Waals surface area (Å²) in [7, 11) is 0. The summed E-state index contributed by atoms with van der Waals surface area (Å²) >= 11 is 0. The average Bonchev–Trinajstić information content (AvgIpc) is 2.71. The summed E-state index contributed by atoms with van der Waals surface area (Å²) < 4.78 is 0. The van der Waals surface area contributed by atoms with Gasteiger partial charge in [0.25, 0.3) is 0 Å². The van der Waals surface area contributed by atoms with Gasteiger partial charge in [0.05, 0.1) is 6.61 Å². The minimum absolute atomic E-state index is 0.127. The van der Waals surface area contributed by atoms with Crippen molar-refractivity contribution in [3.63, 3.8) is 0 Å². The quantitative estimate of drug-likeness (QED) is 0.831. The van der Waals surface area contributed by atoms with Gasteiger partial charge in [-0.1, -0.05) is 29.8 Å². The lowest BCUT2D eigenvalue weighted by Gasteiger charge is -2.23. The molecule has 2 rings (SSSR count). The highest BCUT2D eigenvalue weighted by atomic mass is 16.3. The Morgan fingerprint density at radius 2 is 1.86 bits per heavy atom. The molecule has 0 amide bonds. The molecular formula is C17H29N3O. The fraction of sp³-hybridized carbons (Fsp3) is 0.647. The first-order chi connectivity index (χ1) is 10.2. The molecular weight excluding hydrogens is 262 g/mol. The number of β-amino-alcohol motifs (C(OH)–C–C–N with tert-alkyl or cyclic N) is 1. The third-order valence-corrected chi connectivity index (χ3v) is 4.32. The van der Waals surface area contributed by atoms with E-state index in [1.165, 1.54) is 17.5 Å². The summed E-state index contributed by atoms with van der Waals surface area (Å²) in [4.78, 5) is 4.85. The van der Waals surface area contributed by atoms with Crippen LogP contribution < -0.4 is 5.73 Å². The van der Waals surface area contributed by atoms with E-state index in [4.69, 9.17) is 10.8 Å². The van der Waals surface area contributed by atoms with Gasteiger partial charge in [-0.05, 0) is 45.0 Å². The Morgan fingerprint density at radius 1 is 1.14 bits per heavy atom. The van der Waals surface area contributed by atoms with Crippen molar-refractivity contribution >= 4 is 0 Å². The average molecular weight is 291 g/mol. The van der Waals surface area contributed by atoms with E-state index < -0.39 is 0 Å². The van der Waals surface area contributed by atoms with Crippen molar-refractivity contribution < 1.29 is 5.11 Å². The van der Waals surface area contributed by atoms with Gasteiger partial charge in [0.15, 0.2) is 0 Å². The molecule has 118 valence electrons. The highest BCUT2D eigenvalue weighted by Gasteiger charge is 2.15. The van der Waals surface area contributed by atoms with Crippen molar-refractivity contribution in [2.24, 2.45) is 5.73 Å². The molecule has 1 saturated heterocycles. The van der Waals surface area contributed by atoms with E-state index in [0.717, 1.165) is 45.7 Å². The summed E-state index contributed by atoms with van der Waals surface area (Å²) in [6.45, 7) is 8.61. The Hall–Kier alpha value is -0.940. The normalized spacial score (nSPS) is 19.4. The van der Waals surface area contributed by atoms with E-state index in [0.29, 0.717) is 0 Å². The first-order valence-corrected chi connectivity index (χ1v) is 8.07. The second-order valence-electron chi connectivity index (χ2n) is 6.07. The number of aliphatic hydroxyl groups excluding tert-OH is 1. The van der Waals surface area contributed by atoms with Gasteiger partial charge < -0.3 is 15.7 Å². The minimum atomic E-state index is 0.127. The Kier molecular flexibility index (Phi) is 6.64. The fourth-order valence-electron chi connectivity index (χ4n) is 3.00. The van der Waals surface area contributed by atoms with Gasteiger partial charge in [-0.25, -0.2) is 0 Å². The maximum atomic E-state index is 9.03. The third-order valence-electron chi connectivity index (χ3n) is 4.32. The van der Waals surface area contributed by atoms with Crippen LogP contribution in [0.2, 0.25) is 0 Å². The van der Waals surface area contributed by atoms with Crippen LogP contribution in [0.1, 0.15) is 30.0 Å². The summed E-state index contributed by atoms with van der Waals surface area (Å²) in [5, 5.41) is 9.03. The number of aryl methyl sites for hydroxylation is 1. The van der Waals surface area contributed by atoms with Crippen LogP contribution >= 0.6 is 0 Å². The van der Waals surface area contributed by atoms with Crippen LogP contribution in [0, 0.1) is 6.92 Å². The Balaban J connectivity index is 1.77. The van der Waals surface area contributed by atoms with Crippen molar-refractivity contribution in [3.8, 4) is 0 Å². The number of benzene rings is 1. The number of hydrogen-bond donors (Lipinski definition) is 2. The van der Waals surface area contributed by atoms with Crippen LogP contribution in [-0.2, 0) is 0 Å². The largest absolute Gasteiger partial charge is 0.395 e. The molecule has 0 spiro atoms. The molecule has 1 aliphatic rings. The molecule has 1 atom stereocenters. The standard InChI is InChI=1S/C17H29N3O/c1-15-4-2-5-16(14-15)17(18)6-9-19-7-3-8-20(11-10-19)12-13-21/h2,4-5,14,17,21H,3,6-13,18H2,1H3. The van der Waals surface area contributed by atoms with Gasteiger partial charge in [0, 0.05) is 25.7 Å². The summed E-state index contributed by atoms with van der Waals surface area (Å²) in [6.07, 6.45) is 2.18. The molecule has 1 aromatic carbocycles. The zero-order valence-electron chi connectivity index (χ0n) is 13.2. The summed E-state index contributed by atoms with van der Waals surface area (Å²) in [6, 6.07) is 8.64. The molecule has 4 nitrogen and oxygen atoms in total. The molecule has 4 heteroatoms. The topological polar surface area (TPSA) is 52.7 Å². The monoisotopic (exact) mass is 291 g/mol. The number of rotatable bonds is 6. The molecule has 1 unspecified atom stereocenters. The first kappa shape index (κ1) is 16.4. The molecule has 0 radical (unpaired) electrons. The van der Waals surface area contributed by atoms with Crippen molar-refractivity contribution in [1.29, 1.82) is 0 Å². The zero-order chi connectivity index (χ0) is 15.1. The Morgan fingerprint density at radius 3 is 2.52 bits per heavy atom. The van der Waals surface area contributed by atoms with E-state index in [-0.39, 0.29) is 12.6 Å². The lowest BCUT2D eigenvalue weighted by molar-refractivity contribution is 0.196. The fourth-order valence-corrected chi connectivity index (χ4v) is 3.00. The van der Waals surface area contributed by atoms with Crippen molar-refractivity contribution in [3.05, 3.63) is 35.4 Å². The zero-order valence-corrected chi connectivity index (χ0v) is 13.2. The first-order valence-electron chi connectivity index (χ1n) is 8.07. The highest BCUT2D eigenvalue weighted by molar-refractivity contribution is 5.24. The molecule has 3 N–H and O–H groups in total. The second kappa shape index (κ2) is 8.49. The number of nitrogens with two attached hydrogens (primary N) is 1. The summed E-state index contributed by atoms with van der Waals surface area (Å²) in [5.74, 6) is 0. The molecule has 0 aromatic heterocycles. The van der Waals surface area contributed by atoms with Crippen LogP contribution in [0.5, 0.6) is 0 Å². The second-order valence-corrected chi connectivity index (χ2v) is 6.07. The molecule has 21 heavy (non-hydrogen) atoms. The molecule has 0 saturated carbocycles.